The van der Waals surface area contributed by atoms with E-state index in [1.165, 1.54) is 6.07 Å². The summed E-state index contributed by atoms with van der Waals surface area (Å²) in [4.78, 5) is 40.8. The van der Waals surface area contributed by atoms with Gasteiger partial charge in [-0.2, -0.15) is 0 Å². The molecule has 2 saturated heterocycles. The van der Waals surface area contributed by atoms with Crippen molar-refractivity contribution in [1.29, 1.82) is 0 Å². The number of amides is 1. The van der Waals surface area contributed by atoms with Gasteiger partial charge in [-0.3, -0.25) is 19.5 Å². The van der Waals surface area contributed by atoms with E-state index in [2.05, 4.69) is 14.8 Å². The van der Waals surface area contributed by atoms with Crippen molar-refractivity contribution < 1.29 is 9.18 Å². The van der Waals surface area contributed by atoms with Crippen LogP contribution in [-0.2, 0) is 6.54 Å². The molecule has 0 spiro atoms. The molecule has 1 N–H and O–H groups in total. The summed E-state index contributed by atoms with van der Waals surface area (Å²) in [5.74, 6) is 0.367. The number of aromatic amines is 1. The van der Waals surface area contributed by atoms with Crippen LogP contribution in [0.4, 0.5) is 16.0 Å². The minimum atomic E-state index is -0.201. The molecule has 9 heteroatoms. The minimum absolute atomic E-state index is 0.0231. The number of anilines is 2. The Labute approximate surface area is 203 Å². The smallest absolute Gasteiger partial charge is 0.253 e. The largest absolute Gasteiger partial charge is 0.367 e. The molecule has 0 bridgehead atoms. The summed E-state index contributed by atoms with van der Waals surface area (Å²) in [5.41, 5.74) is 1.85. The molecule has 0 aliphatic carbocycles. The van der Waals surface area contributed by atoms with Crippen molar-refractivity contribution in [3.63, 3.8) is 0 Å². The van der Waals surface area contributed by atoms with Gasteiger partial charge in [0.15, 0.2) is 0 Å². The standard InChI is InChI=1S/C26H29FN6O2/c27-22-8-4-5-9-23(22)31-12-10-30(11-13-31)19-21-18-24(34)29-26(28-21)33-16-14-32(15-17-33)25(35)20-6-2-1-3-7-20/h1-9,18H,10-17,19H2,(H,28,29,34). The van der Waals surface area contributed by atoms with Gasteiger partial charge in [-0.15, -0.1) is 0 Å². The average molecular weight is 477 g/mol. The molecule has 2 fully saturated rings. The summed E-state index contributed by atoms with van der Waals surface area (Å²) in [6, 6.07) is 17.7. The van der Waals surface area contributed by atoms with Gasteiger partial charge in [-0.1, -0.05) is 30.3 Å². The van der Waals surface area contributed by atoms with Gasteiger partial charge in [0, 0.05) is 70.5 Å². The normalized spacial score (nSPS) is 17.0. The summed E-state index contributed by atoms with van der Waals surface area (Å²) in [5, 5.41) is 0. The van der Waals surface area contributed by atoms with E-state index in [0.717, 1.165) is 13.1 Å². The number of benzene rings is 2. The Balaban J connectivity index is 1.18. The Bertz CT molecular complexity index is 1220. The first-order valence-electron chi connectivity index (χ1n) is 12.0. The number of rotatable bonds is 5. The number of para-hydroxylation sites is 1. The van der Waals surface area contributed by atoms with Crippen LogP contribution in [0.5, 0.6) is 0 Å². The fourth-order valence-electron chi connectivity index (χ4n) is 4.69. The van der Waals surface area contributed by atoms with Gasteiger partial charge in [0.25, 0.3) is 11.5 Å². The Morgan fingerprint density at radius 2 is 1.51 bits per heavy atom. The Morgan fingerprint density at radius 3 is 2.23 bits per heavy atom. The third-order valence-corrected chi connectivity index (χ3v) is 6.62. The number of halogens is 1. The number of nitrogens with one attached hydrogen (secondary N) is 1. The van der Waals surface area contributed by atoms with Crippen LogP contribution >= 0.6 is 0 Å². The number of carbonyl (C=O) groups is 1. The molecule has 3 aromatic rings. The van der Waals surface area contributed by atoms with Gasteiger partial charge < -0.3 is 14.7 Å². The maximum atomic E-state index is 14.1. The maximum Gasteiger partial charge on any atom is 0.253 e. The lowest BCUT2D eigenvalue weighted by molar-refractivity contribution is 0.0746. The zero-order chi connectivity index (χ0) is 24.2. The Morgan fingerprint density at radius 1 is 0.857 bits per heavy atom. The first-order valence-corrected chi connectivity index (χ1v) is 12.0. The SMILES string of the molecule is O=C(c1ccccc1)N1CCN(c2nc(CN3CCN(c4ccccc4F)CC3)cc(=O)[nH]2)CC1. The number of hydrogen-bond acceptors (Lipinski definition) is 6. The second-order valence-corrected chi connectivity index (χ2v) is 8.92. The highest BCUT2D eigenvalue weighted by Crippen LogP contribution is 2.21. The van der Waals surface area contributed by atoms with Crippen LogP contribution in [0.2, 0.25) is 0 Å². The van der Waals surface area contributed by atoms with Crippen molar-refractivity contribution in [2.24, 2.45) is 0 Å². The number of nitrogens with zero attached hydrogens (tertiary/aromatic N) is 5. The summed E-state index contributed by atoms with van der Waals surface area (Å²) >= 11 is 0. The Kier molecular flexibility index (Phi) is 6.76. The van der Waals surface area contributed by atoms with E-state index in [1.54, 1.807) is 12.1 Å². The third kappa shape index (κ3) is 5.35. The van der Waals surface area contributed by atoms with E-state index in [4.69, 9.17) is 4.98 Å². The second-order valence-electron chi connectivity index (χ2n) is 8.92. The summed E-state index contributed by atoms with van der Waals surface area (Å²) < 4.78 is 14.1. The highest BCUT2D eigenvalue weighted by Gasteiger charge is 2.24. The van der Waals surface area contributed by atoms with Gasteiger partial charge in [0.2, 0.25) is 5.95 Å². The van der Waals surface area contributed by atoms with Crippen LogP contribution in [0.15, 0.2) is 65.5 Å². The molecule has 0 atom stereocenters. The summed E-state index contributed by atoms with van der Waals surface area (Å²) in [7, 11) is 0. The average Bonchev–Trinajstić information content (AvgIpc) is 2.89. The molecule has 0 unspecified atom stereocenters. The predicted octanol–water partition coefficient (Wildman–Crippen LogP) is 2.19. The van der Waals surface area contributed by atoms with E-state index in [0.29, 0.717) is 68.7 Å². The van der Waals surface area contributed by atoms with Crippen LogP contribution in [0.1, 0.15) is 16.1 Å². The lowest BCUT2D eigenvalue weighted by Gasteiger charge is -2.36. The fraction of sp³-hybridized carbons (Fsp3) is 0.346. The van der Waals surface area contributed by atoms with Crippen LogP contribution in [-0.4, -0.2) is 78.0 Å². The zero-order valence-corrected chi connectivity index (χ0v) is 19.6. The van der Waals surface area contributed by atoms with Crippen molar-refractivity contribution in [1.82, 2.24) is 19.8 Å². The predicted molar refractivity (Wildman–Crippen MR) is 133 cm³/mol. The molecule has 1 amide bonds. The van der Waals surface area contributed by atoms with Gasteiger partial charge in [0.1, 0.15) is 5.82 Å². The van der Waals surface area contributed by atoms with Crippen LogP contribution in [0.25, 0.3) is 0 Å². The molecule has 0 radical (unpaired) electrons. The van der Waals surface area contributed by atoms with E-state index < -0.39 is 0 Å². The van der Waals surface area contributed by atoms with Crippen LogP contribution < -0.4 is 15.4 Å². The number of hydrogen-bond donors (Lipinski definition) is 1. The molecule has 3 heterocycles. The molecule has 5 rings (SSSR count). The zero-order valence-electron chi connectivity index (χ0n) is 19.6. The molecule has 182 valence electrons. The first-order chi connectivity index (χ1) is 17.1. The van der Waals surface area contributed by atoms with Gasteiger partial charge in [0.05, 0.1) is 11.4 Å². The molecular weight excluding hydrogens is 447 g/mol. The fourth-order valence-corrected chi connectivity index (χ4v) is 4.69. The number of H-pyrrole nitrogens is 1. The van der Waals surface area contributed by atoms with Crippen molar-refractivity contribution in [2.75, 3.05) is 62.2 Å². The van der Waals surface area contributed by atoms with Gasteiger partial charge >= 0.3 is 0 Å². The van der Waals surface area contributed by atoms with Gasteiger partial charge in [-0.25, -0.2) is 9.37 Å². The van der Waals surface area contributed by atoms with E-state index >= 15 is 0 Å². The van der Waals surface area contributed by atoms with Crippen molar-refractivity contribution >= 4 is 17.5 Å². The molecule has 2 aromatic carbocycles. The van der Waals surface area contributed by atoms with E-state index in [-0.39, 0.29) is 17.3 Å². The number of piperazine rings is 2. The van der Waals surface area contributed by atoms with E-state index in [9.17, 15) is 14.0 Å². The highest BCUT2D eigenvalue weighted by molar-refractivity contribution is 5.94. The van der Waals surface area contributed by atoms with Crippen LogP contribution in [0, 0.1) is 5.82 Å². The monoisotopic (exact) mass is 476 g/mol. The molecule has 2 aliphatic heterocycles. The lowest BCUT2D eigenvalue weighted by Crippen LogP contribution is -2.49. The quantitative estimate of drug-likeness (QED) is 0.609. The summed E-state index contributed by atoms with van der Waals surface area (Å²) in [6.45, 7) is 5.87. The molecule has 8 nitrogen and oxygen atoms in total. The molecule has 2 aliphatic rings. The highest BCUT2D eigenvalue weighted by atomic mass is 19.1. The van der Waals surface area contributed by atoms with Crippen molar-refractivity contribution in [3.8, 4) is 0 Å². The van der Waals surface area contributed by atoms with Crippen molar-refractivity contribution in [2.45, 2.75) is 6.54 Å². The summed E-state index contributed by atoms with van der Waals surface area (Å²) in [6.07, 6.45) is 0. The molecular formula is C26H29FN6O2. The third-order valence-electron chi connectivity index (χ3n) is 6.62. The Hall–Kier alpha value is -3.72. The molecule has 0 saturated carbocycles. The molecule has 1 aromatic heterocycles. The number of carbonyl (C=O) groups excluding carboxylic acids is 1. The maximum absolute atomic E-state index is 14.1. The lowest BCUT2D eigenvalue weighted by atomic mass is 10.2. The van der Waals surface area contributed by atoms with Crippen LogP contribution in [0.3, 0.4) is 0 Å². The van der Waals surface area contributed by atoms with Crippen molar-refractivity contribution in [3.05, 3.63) is 88.1 Å². The second kappa shape index (κ2) is 10.3. The first kappa shape index (κ1) is 23.0. The minimum Gasteiger partial charge on any atom is -0.367 e. The number of aromatic nitrogens is 2. The topological polar surface area (TPSA) is 75.8 Å². The molecule has 35 heavy (non-hydrogen) atoms. The van der Waals surface area contributed by atoms with E-state index in [1.807, 2.05) is 52.3 Å². The van der Waals surface area contributed by atoms with Gasteiger partial charge in [-0.05, 0) is 24.3 Å².